The molecule has 0 N–H and O–H groups in total. The van der Waals surface area contributed by atoms with Crippen LogP contribution in [0.4, 0.5) is 20.3 Å². The smallest absolute Gasteiger partial charge is 0.212 e. The van der Waals surface area contributed by atoms with E-state index in [1.54, 1.807) is 0 Å². The third kappa shape index (κ3) is 2.63. The summed E-state index contributed by atoms with van der Waals surface area (Å²) in [6, 6.07) is 5.21. The summed E-state index contributed by atoms with van der Waals surface area (Å²) in [5, 5.41) is 7.49. The summed E-state index contributed by atoms with van der Waals surface area (Å²) in [5.41, 5.74) is 0.396. The predicted octanol–water partition coefficient (Wildman–Crippen LogP) is 3.17. The Kier molecular flexibility index (Phi) is 2.90. The summed E-state index contributed by atoms with van der Waals surface area (Å²) in [4.78, 5) is 7.09. The maximum atomic E-state index is 12.5. The standard InChI is InChI=1S/C10H6F2N4/c11-7-1-4-10(14-5-7)16-15-8-2-3-9(12)13-6-8/h1-6H. The Hall–Kier alpha value is -2.24. The summed E-state index contributed by atoms with van der Waals surface area (Å²) in [6.45, 7) is 0. The van der Waals surface area contributed by atoms with E-state index in [0.717, 1.165) is 6.20 Å². The van der Waals surface area contributed by atoms with Crippen LogP contribution in [-0.2, 0) is 0 Å². The molecule has 0 bridgehead atoms. The average molecular weight is 220 g/mol. The largest absolute Gasteiger partial charge is 0.233 e. The van der Waals surface area contributed by atoms with Crippen molar-refractivity contribution in [1.29, 1.82) is 0 Å². The van der Waals surface area contributed by atoms with Crippen molar-refractivity contribution in [3.8, 4) is 0 Å². The van der Waals surface area contributed by atoms with Gasteiger partial charge in [-0.3, -0.25) is 0 Å². The van der Waals surface area contributed by atoms with Crippen molar-refractivity contribution < 1.29 is 8.78 Å². The van der Waals surface area contributed by atoms with Crippen molar-refractivity contribution in [1.82, 2.24) is 9.97 Å². The fraction of sp³-hybridized carbons (Fsp3) is 0. The van der Waals surface area contributed by atoms with Gasteiger partial charge in [-0.15, -0.1) is 10.2 Å². The molecule has 16 heavy (non-hydrogen) atoms. The summed E-state index contributed by atoms with van der Waals surface area (Å²) in [6.07, 6.45) is 2.28. The molecular formula is C10H6F2N4. The van der Waals surface area contributed by atoms with Gasteiger partial charge < -0.3 is 0 Å². The molecule has 0 saturated carbocycles. The lowest BCUT2D eigenvalue weighted by molar-refractivity contribution is 0.584. The first-order chi connectivity index (χ1) is 7.74. The third-order valence-corrected chi connectivity index (χ3v) is 1.69. The highest BCUT2D eigenvalue weighted by Gasteiger charge is 1.94. The van der Waals surface area contributed by atoms with E-state index < -0.39 is 11.8 Å². The van der Waals surface area contributed by atoms with E-state index in [-0.39, 0.29) is 5.82 Å². The van der Waals surface area contributed by atoms with Crippen LogP contribution in [-0.4, -0.2) is 9.97 Å². The topological polar surface area (TPSA) is 50.5 Å². The molecule has 0 saturated heterocycles. The Bertz CT molecular complexity index is 446. The quantitative estimate of drug-likeness (QED) is 0.576. The first-order valence-corrected chi connectivity index (χ1v) is 4.39. The Morgan fingerprint density at radius 1 is 0.875 bits per heavy atom. The molecule has 4 nitrogen and oxygen atoms in total. The number of aromatic nitrogens is 2. The zero-order valence-corrected chi connectivity index (χ0v) is 8.01. The van der Waals surface area contributed by atoms with Gasteiger partial charge in [0, 0.05) is 0 Å². The van der Waals surface area contributed by atoms with Crippen LogP contribution in [0.5, 0.6) is 0 Å². The second kappa shape index (κ2) is 4.52. The second-order valence-electron chi connectivity index (χ2n) is 2.87. The van der Waals surface area contributed by atoms with E-state index in [1.807, 2.05) is 0 Å². The van der Waals surface area contributed by atoms with Crippen LogP contribution in [0, 0.1) is 11.8 Å². The molecule has 6 heteroatoms. The number of azo groups is 1. The summed E-state index contributed by atoms with van der Waals surface area (Å²) < 4.78 is 25.0. The van der Waals surface area contributed by atoms with Crippen molar-refractivity contribution in [3.05, 3.63) is 48.4 Å². The fourth-order valence-corrected chi connectivity index (χ4v) is 0.963. The summed E-state index contributed by atoms with van der Waals surface area (Å²) in [7, 11) is 0. The van der Waals surface area contributed by atoms with Crippen molar-refractivity contribution in [3.63, 3.8) is 0 Å². The highest BCUT2D eigenvalue weighted by Crippen LogP contribution is 2.15. The molecule has 0 spiro atoms. The molecular weight excluding hydrogens is 214 g/mol. The molecule has 0 aliphatic heterocycles. The molecule has 80 valence electrons. The van der Waals surface area contributed by atoms with E-state index in [2.05, 4.69) is 20.2 Å². The van der Waals surface area contributed by atoms with Crippen LogP contribution in [0.1, 0.15) is 0 Å². The Morgan fingerprint density at radius 2 is 1.75 bits per heavy atom. The van der Waals surface area contributed by atoms with Crippen molar-refractivity contribution in [2.24, 2.45) is 10.2 Å². The van der Waals surface area contributed by atoms with E-state index in [4.69, 9.17) is 0 Å². The number of hydrogen-bond acceptors (Lipinski definition) is 4. The van der Waals surface area contributed by atoms with Gasteiger partial charge in [-0.2, -0.15) is 4.39 Å². The van der Waals surface area contributed by atoms with Gasteiger partial charge in [-0.25, -0.2) is 14.4 Å². The predicted molar refractivity (Wildman–Crippen MR) is 52.6 cm³/mol. The van der Waals surface area contributed by atoms with Gasteiger partial charge in [0.1, 0.15) is 11.5 Å². The van der Waals surface area contributed by atoms with E-state index in [0.29, 0.717) is 5.69 Å². The van der Waals surface area contributed by atoms with E-state index >= 15 is 0 Å². The lowest BCUT2D eigenvalue weighted by Crippen LogP contribution is -1.78. The van der Waals surface area contributed by atoms with Crippen LogP contribution < -0.4 is 0 Å². The highest BCUT2D eigenvalue weighted by atomic mass is 19.1. The Morgan fingerprint density at radius 3 is 2.38 bits per heavy atom. The van der Waals surface area contributed by atoms with Crippen LogP contribution >= 0.6 is 0 Å². The molecule has 0 unspecified atom stereocenters. The second-order valence-corrected chi connectivity index (χ2v) is 2.87. The Balaban J connectivity index is 2.15. The molecule has 2 rings (SSSR count). The molecule has 2 heterocycles. The van der Waals surface area contributed by atoms with Gasteiger partial charge in [0.05, 0.1) is 12.4 Å². The van der Waals surface area contributed by atoms with Gasteiger partial charge in [0.2, 0.25) is 5.95 Å². The van der Waals surface area contributed by atoms with Gasteiger partial charge in [0.25, 0.3) is 0 Å². The zero-order chi connectivity index (χ0) is 11.4. The van der Waals surface area contributed by atoms with Crippen molar-refractivity contribution in [2.75, 3.05) is 0 Å². The number of hydrogen-bond donors (Lipinski definition) is 0. The average Bonchev–Trinajstić information content (AvgIpc) is 2.30. The molecule has 2 aromatic heterocycles. The first kappa shape index (κ1) is 10.3. The van der Waals surface area contributed by atoms with Crippen molar-refractivity contribution >= 4 is 11.5 Å². The molecule has 0 aromatic carbocycles. The molecule has 0 atom stereocenters. The summed E-state index contributed by atoms with van der Waals surface area (Å²) >= 11 is 0. The minimum atomic E-state index is -0.584. The zero-order valence-electron chi connectivity index (χ0n) is 8.01. The lowest BCUT2D eigenvalue weighted by Gasteiger charge is -1.92. The van der Waals surface area contributed by atoms with Crippen LogP contribution in [0.2, 0.25) is 0 Å². The Labute approximate surface area is 89.7 Å². The maximum absolute atomic E-state index is 12.5. The van der Waals surface area contributed by atoms with Gasteiger partial charge in [0.15, 0.2) is 5.82 Å². The van der Waals surface area contributed by atoms with Gasteiger partial charge in [-0.1, -0.05) is 0 Å². The highest BCUT2D eigenvalue weighted by molar-refractivity contribution is 5.33. The molecule has 0 aliphatic rings. The molecule has 0 amide bonds. The SMILES string of the molecule is Fc1ccc(N=Nc2ccc(F)nc2)nc1. The normalized spacial score (nSPS) is 10.9. The van der Waals surface area contributed by atoms with Gasteiger partial charge in [-0.05, 0) is 24.3 Å². The van der Waals surface area contributed by atoms with Crippen LogP contribution in [0.3, 0.4) is 0 Å². The number of pyridine rings is 2. The van der Waals surface area contributed by atoms with Crippen molar-refractivity contribution in [2.45, 2.75) is 0 Å². The maximum Gasteiger partial charge on any atom is 0.212 e. The number of halogens is 2. The van der Waals surface area contributed by atoms with E-state index in [9.17, 15) is 8.78 Å². The molecule has 0 fully saturated rings. The third-order valence-electron chi connectivity index (χ3n) is 1.69. The number of nitrogens with zero attached hydrogens (tertiary/aromatic N) is 4. The minimum Gasteiger partial charge on any atom is -0.233 e. The molecule has 0 radical (unpaired) electrons. The summed E-state index contributed by atoms with van der Waals surface area (Å²) in [5.74, 6) is -0.757. The molecule has 0 aliphatic carbocycles. The number of rotatable bonds is 2. The lowest BCUT2D eigenvalue weighted by atomic mass is 10.4. The first-order valence-electron chi connectivity index (χ1n) is 4.39. The van der Waals surface area contributed by atoms with Gasteiger partial charge >= 0.3 is 0 Å². The van der Waals surface area contributed by atoms with Crippen LogP contribution in [0.15, 0.2) is 46.9 Å². The van der Waals surface area contributed by atoms with Crippen LogP contribution in [0.25, 0.3) is 0 Å². The monoisotopic (exact) mass is 220 g/mol. The van der Waals surface area contributed by atoms with E-state index in [1.165, 1.54) is 30.5 Å². The fourth-order valence-electron chi connectivity index (χ4n) is 0.963. The molecule has 2 aromatic rings. The minimum absolute atomic E-state index is 0.269.